The number of amides is 2. The lowest BCUT2D eigenvalue weighted by atomic mass is 10.2. The van der Waals surface area contributed by atoms with Crippen LogP contribution in [0.5, 0.6) is 23.0 Å². The van der Waals surface area contributed by atoms with Crippen molar-refractivity contribution in [1.82, 2.24) is 0 Å². The molecule has 0 spiro atoms. The third kappa shape index (κ3) is 8.24. The first-order valence-electron chi connectivity index (χ1n) is 12.1. The number of methoxy groups -OCH3 is 1. The fourth-order valence-corrected chi connectivity index (χ4v) is 3.61. The van der Waals surface area contributed by atoms with E-state index in [4.69, 9.17) is 30.5 Å². The monoisotopic (exact) mass is 560 g/mol. The summed E-state index contributed by atoms with van der Waals surface area (Å²) >= 11 is 6.08. The molecule has 0 aliphatic carbocycles. The van der Waals surface area contributed by atoms with Gasteiger partial charge in [-0.1, -0.05) is 35.9 Å². The van der Waals surface area contributed by atoms with Crippen LogP contribution in [0.15, 0.2) is 97.1 Å². The largest absolute Gasteiger partial charge is 0.497 e. The highest BCUT2D eigenvalue weighted by Crippen LogP contribution is 2.32. The Morgan fingerprint density at radius 3 is 2.20 bits per heavy atom. The second kappa shape index (κ2) is 13.7. The molecule has 0 fully saturated rings. The van der Waals surface area contributed by atoms with Gasteiger partial charge in [-0.2, -0.15) is 0 Å². The number of rotatable bonds is 11. The lowest BCUT2D eigenvalue weighted by Crippen LogP contribution is -2.21. The number of halogens is 1. The molecule has 0 radical (unpaired) electrons. The maximum atomic E-state index is 12.5. The number of anilines is 2. The molecule has 4 aromatic carbocycles. The molecular weight excluding hydrogens is 536 g/mol. The average molecular weight is 561 g/mol. The maximum absolute atomic E-state index is 12.5. The van der Waals surface area contributed by atoms with Gasteiger partial charge in [0.05, 0.1) is 18.4 Å². The van der Waals surface area contributed by atoms with Gasteiger partial charge < -0.3 is 29.6 Å². The number of hydrogen-bond acceptors (Lipinski definition) is 7. The Morgan fingerprint density at radius 1 is 0.725 bits per heavy atom. The summed E-state index contributed by atoms with van der Waals surface area (Å²) in [5, 5.41) is 5.75. The first kappa shape index (κ1) is 28.0. The van der Waals surface area contributed by atoms with E-state index in [1.54, 1.807) is 48.5 Å². The SMILES string of the molecule is COc1cccc(NC(=O)COc2ccc(C(=O)OCC(=O)Nc3cc(Cl)ccc3Oc3ccccc3)cc2)c1. The quantitative estimate of drug-likeness (QED) is 0.218. The van der Waals surface area contributed by atoms with Gasteiger partial charge in [0, 0.05) is 16.8 Å². The molecule has 0 heterocycles. The van der Waals surface area contributed by atoms with E-state index < -0.39 is 18.5 Å². The third-order valence-corrected chi connectivity index (χ3v) is 5.57. The molecule has 2 amide bonds. The van der Waals surface area contributed by atoms with E-state index in [0.717, 1.165) is 0 Å². The molecule has 0 aromatic heterocycles. The highest BCUT2D eigenvalue weighted by Gasteiger charge is 2.14. The van der Waals surface area contributed by atoms with Crippen LogP contribution in [0, 0.1) is 0 Å². The summed E-state index contributed by atoms with van der Waals surface area (Å²) in [5.41, 5.74) is 1.11. The molecule has 0 atom stereocenters. The molecule has 4 rings (SSSR count). The number of hydrogen-bond donors (Lipinski definition) is 2. The summed E-state index contributed by atoms with van der Waals surface area (Å²) in [5.74, 6) is 0.311. The van der Waals surface area contributed by atoms with Crippen LogP contribution in [-0.4, -0.2) is 38.1 Å². The zero-order valence-electron chi connectivity index (χ0n) is 21.4. The van der Waals surface area contributed by atoms with E-state index in [2.05, 4.69) is 10.6 Å². The number of benzene rings is 4. The minimum Gasteiger partial charge on any atom is -0.497 e. The van der Waals surface area contributed by atoms with Crippen molar-refractivity contribution in [3.05, 3.63) is 108 Å². The van der Waals surface area contributed by atoms with Gasteiger partial charge in [-0.3, -0.25) is 9.59 Å². The highest BCUT2D eigenvalue weighted by molar-refractivity contribution is 6.31. The third-order valence-electron chi connectivity index (χ3n) is 5.33. The number of ether oxygens (including phenoxy) is 4. The molecule has 2 N–H and O–H groups in total. The summed E-state index contributed by atoms with van der Waals surface area (Å²) in [7, 11) is 1.54. The molecular formula is C30H25ClN2O7. The number of carbonyl (C=O) groups excluding carboxylic acids is 3. The van der Waals surface area contributed by atoms with Crippen molar-refractivity contribution in [3.8, 4) is 23.0 Å². The molecule has 9 nitrogen and oxygen atoms in total. The number of carbonyl (C=O) groups is 3. The molecule has 0 saturated carbocycles. The maximum Gasteiger partial charge on any atom is 0.338 e. The minimum atomic E-state index is -0.704. The first-order valence-corrected chi connectivity index (χ1v) is 12.4. The fourth-order valence-electron chi connectivity index (χ4n) is 3.44. The van der Waals surface area contributed by atoms with E-state index in [9.17, 15) is 14.4 Å². The van der Waals surface area contributed by atoms with Crippen LogP contribution >= 0.6 is 11.6 Å². The van der Waals surface area contributed by atoms with Crippen LogP contribution in [0.25, 0.3) is 0 Å². The molecule has 0 bridgehead atoms. The second-order valence-corrected chi connectivity index (χ2v) is 8.71. The Morgan fingerprint density at radius 2 is 1.45 bits per heavy atom. The van der Waals surface area contributed by atoms with Crippen LogP contribution in [0.4, 0.5) is 11.4 Å². The van der Waals surface area contributed by atoms with Gasteiger partial charge in [-0.25, -0.2) is 4.79 Å². The molecule has 0 saturated heterocycles. The standard InChI is InChI=1S/C30H25ClN2O7/c1-37-25-9-5-6-22(17-25)32-28(34)18-38-23-13-10-20(11-14-23)30(36)39-19-29(35)33-26-16-21(31)12-15-27(26)40-24-7-3-2-4-8-24/h2-17H,18-19H2,1H3,(H,32,34)(H,33,35). The van der Waals surface area contributed by atoms with Gasteiger partial charge in [0.2, 0.25) is 0 Å². The summed E-state index contributed by atoms with van der Waals surface area (Å²) < 4.78 is 21.6. The van der Waals surface area contributed by atoms with Crippen molar-refractivity contribution < 1.29 is 33.3 Å². The van der Waals surface area contributed by atoms with Crippen molar-refractivity contribution in [1.29, 1.82) is 0 Å². The molecule has 4 aromatic rings. The van der Waals surface area contributed by atoms with Gasteiger partial charge in [0.15, 0.2) is 19.0 Å². The molecule has 10 heteroatoms. The van der Waals surface area contributed by atoms with Gasteiger partial charge >= 0.3 is 5.97 Å². The Hall–Kier alpha value is -5.02. The van der Waals surface area contributed by atoms with Gasteiger partial charge in [0.25, 0.3) is 11.8 Å². The zero-order chi connectivity index (χ0) is 28.3. The summed E-state index contributed by atoms with van der Waals surface area (Å²) in [6.07, 6.45) is 0. The highest BCUT2D eigenvalue weighted by atomic mass is 35.5. The van der Waals surface area contributed by atoms with Crippen molar-refractivity contribution in [2.45, 2.75) is 0 Å². The smallest absolute Gasteiger partial charge is 0.338 e. The molecule has 0 aliphatic heterocycles. The number of esters is 1. The topological polar surface area (TPSA) is 112 Å². The van der Waals surface area contributed by atoms with E-state index in [1.807, 2.05) is 18.2 Å². The lowest BCUT2D eigenvalue weighted by Gasteiger charge is -2.13. The lowest BCUT2D eigenvalue weighted by molar-refractivity contribution is -0.119. The molecule has 0 unspecified atom stereocenters. The number of para-hydroxylation sites is 1. The van der Waals surface area contributed by atoms with E-state index in [0.29, 0.717) is 39.4 Å². The summed E-state index contributed by atoms with van der Waals surface area (Å²) in [4.78, 5) is 37.1. The van der Waals surface area contributed by atoms with E-state index in [1.165, 1.54) is 37.4 Å². The predicted molar refractivity (Wildman–Crippen MR) is 150 cm³/mol. The Labute approximate surface area is 235 Å². The van der Waals surface area contributed by atoms with Crippen molar-refractivity contribution in [2.75, 3.05) is 31.0 Å². The van der Waals surface area contributed by atoms with Crippen LogP contribution in [-0.2, 0) is 14.3 Å². The van der Waals surface area contributed by atoms with Crippen LogP contribution in [0.3, 0.4) is 0 Å². The first-order chi connectivity index (χ1) is 19.4. The number of nitrogens with one attached hydrogen (secondary N) is 2. The predicted octanol–water partition coefficient (Wildman–Crippen LogP) is 5.95. The van der Waals surface area contributed by atoms with Crippen molar-refractivity contribution >= 4 is 40.8 Å². The summed E-state index contributed by atoms with van der Waals surface area (Å²) in [6, 6.07) is 26.8. The van der Waals surface area contributed by atoms with Crippen LogP contribution in [0.2, 0.25) is 5.02 Å². The van der Waals surface area contributed by atoms with E-state index in [-0.39, 0.29) is 18.1 Å². The average Bonchev–Trinajstić information content (AvgIpc) is 2.97. The molecule has 0 aliphatic rings. The summed E-state index contributed by atoms with van der Waals surface area (Å²) in [6.45, 7) is -0.764. The zero-order valence-corrected chi connectivity index (χ0v) is 22.1. The van der Waals surface area contributed by atoms with Crippen molar-refractivity contribution in [2.24, 2.45) is 0 Å². The second-order valence-electron chi connectivity index (χ2n) is 8.27. The van der Waals surface area contributed by atoms with Gasteiger partial charge in [-0.05, 0) is 66.7 Å². The Bertz CT molecular complexity index is 1480. The normalized spacial score (nSPS) is 10.2. The van der Waals surface area contributed by atoms with Gasteiger partial charge in [-0.15, -0.1) is 0 Å². The molecule has 204 valence electrons. The van der Waals surface area contributed by atoms with Gasteiger partial charge in [0.1, 0.15) is 17.2 Å². The van der Waals surface area contributed by atoms with Crippen LogP contribution < -0.4 is 24.8 Å². The van der Waals surface area contributed by atoms with Crippen LogP contribution in [0.1, 0.15) is 10.4 Å². The van der Waals surface area contributed by atoms with E-state index >= 15 is 0 Å². The Balaban J connectivity index is 1.25. The van der Waals surface area contributed by atoms with Crippen molar-refractivity contribution in [3.63, 3.8) is 0 Å². The molecule has 40 heavy (non-hydrogen) atoms. The minimum absolute atomic E-state index is 0.205. The Kier molecular flexibility index (Phi) is 9.58. The fraction of sp³-hybridized carbons (Fsp3) is 0.100.